The number of carbonyl (C=O) groups excluding carboxylic acids is 1. The van der Waals surface area contributed by atoms with Crippen LogP contribution in [-0.4, -0.2) is 12.1 Å². The van der Waals surface area contributed by atoms with Gasteiger partial charge in [-0.1, -0.05) is 6.92 Å². The summed E-state index contributed by atoms with van der Waals surface area (Å²) >= 11 is 0. The van der Waals surface area contributed by atoms with Gasteiger partial charge in [-0.15, -0.1) is 0 Å². The molecule has 1 atom stereocenters. The van der Waals surface area contributed by atoms with Crippen LogP contribution in [0.1, 0.15) is 20.3 Å². The lowest BCUT2D eigenvalue weighted by molar-refractivity contribution is -0.145. The van der Waals surface area contributed by atoms with Crippen LogP contribution in [0.3, 0.4) is 0 Å². The first-order valence-electron chi connectivity index (χ1n) is 4.13. The van der Waals surface area contributed by atoms with Crippen LogP contribution in [0.5, 0.6) is 0 Å². The Morgan fingerprint density at radius 1 is 1.50 bits per heavy atom. The molecule has 0 unspecified atom stereocenters. The number of carbonyl (C=O) groups is 1. The molecule has 0 bridgehead atoms. The van der Waals surface area contributed by atoms with Crippen molar-refractivity contribution < 1.29 is 9.53 Å². The molecular weight excluding hydrogens is 152 g/mol. The Hall–Kier alpha value is -0.530. The van der Waals surface area contributed by atoms with Gasteiger partial charge in [0.2, 0.25) is 0 Å². The van der Waals surface area contributed by atoms with Crippen molar-refractivity contribution in [2.45, 2.75) is 26.4 Å². The number of hydrogen-bond acceptors (Lipinski definition) is 2. The van der Waals surface area contributed by atoms with Crippen molar-refractivity contribution in [2.75, 3.05) is 0 Å². The molecule has 2 heteroatoms. The van der Waals surface area contributed by atoms with Gasteiger partial charge in [-0.2, -0.15) is 0 Å². The van der Waals surface area contributed by atoms with Crippen molar-refractivity contribution >= 4 is 5.97 Å². The Morgan fingerprint density at radius 2 is 2.08 bits per heavy atom. The second-order valence-corrected chi connectivity index (χ2v) is 2.72. The largest absolute Gasteiger partial charge is 0.462 e. The average molecular weight is 165 g/mol. The van der Waals surface area contributed by atoms with E-state index in [9.17, 15) is 4.79 Å². The zero-order valence-corrected chi connectivity index (χ0v) is 7.41. The Balaban J connectivity index is 2.37. The molecule has 0 aromatic rings. The third-order valence-corrected chi connectivity index (χ3v) is 1.74. The molecule has 0 amide bonds. The zero-order chi connectivity index (χ0) is 8.97. The van der Waals surface area contributed by atoms with Crippen LogP contribution in [0.4, 0.5) is 0 Å². The highest BCUT2D eigenvalue weighted by Gasteiger charge is 2.27. The van der Waals surface area contributed by atoms with Gasteiger partial charge in [0.1, 0.15) is 6.10 Å². The monoisotopic (exact) mass is 165 g/mol. The fourth-order valence-corrected chi connectivity index (χ4v) is 1.19. The summed E-state index contributed by atoms with van der Waals surface area (Å²) in [5, 5.41) is 0. The van der Waals surface area contributed by atoms with Crippen molar-refractivity contribution in [3.8, 4) is 0 Å². The lowest BCUT2D eigenvalue weighted by atomic mass is 9.99. The van der Waals surface area contributed by atoms with Crippen molar-refractivity contribution in [1.82, 2.24) is 0 Å². The maximum atomic E-state index is 10.7. The molecule has 0 aromatic heterocycles. The normalized spacial score (nSPS) is 20.8. The highest BCUT2D eigenvalue weighted by molar-refractivity contribution is 5.66. The summed E-state index contributed by atoms with van der Waals surface area (Å²) in [6, 6.07) is 0. The minimum absolute atomic E-state index is 0.0718. The van der Waals surface area contributed by atoms with E-state index < -0.39 is 0 Å². The third kappa shape index (κ3) is 2.50. The summed E-state index contributed by atoms with van der Waals surface area (Å²) in [6.45, 7) is 3.44. The predicted octanol–water partition coefficient (Wildman–Crippen LogP) is 1.73. The Kier molecular flexibility index (Phi) is 3.57. The SMILES string of the molecule is CC[C@@H](OC(C)=O)[C]1[CH][CH][CH][CH]1. The van der Waals surface area contributed by atoms with Gasteiger partial charge in [-0.25, -0.2) is 0 Å². The molecule has 0 N–H and O–H groups in total. The molecule has 0 heterocycles. The van der Waals surface area contributed by atoms with Crippen molar-refractivity contribution in [1.29, 1.82) is 0 Å². The number of ether oxygens (including phenoxy) is 1. The summed E-state index contributed by atoms with van der Waals surface area (Å²) in [6.07, 6.45) is 8.58. The minimum atomic E-state index is -0.219. The van der Waals surface area contributed by atoms with E-state index >= 15 is 0 Å². The number of esters is 1. The lowest BCUT2D eigenvalue weighted by Gasteiger charge is -2.20. The number of hydrogen-bond donors (Lipinski definition) is 0. The molecular formula is C10H13O2. The van der Waals surface area contributed by atoms with Gasteiger partial charge < -0.3 is 4.74 Å². The van der Waals surface area contributed by atoms with Crippen LogP contribution >= 0.6 is 0 Å². The van der Waals surface area contributed by atoms with Gasteiger partial charge in [0.25, 0.3) is 0 Å². The van der Waals surface area contributed by atoms with Gasteiger partial charge in [0.15, 0.2) is 0 Å². The van der Waals surface area contributed by atoms with E-state index in [1.165, 1.54) is 6.92 Å². The van der Waals surface area contributed by atoms with E-state index in [4.69, 9.17) is 4.74 Å². The standard InChI is InChI=1S/C10H13O2/c1-3-10(12-8(2)11)9-6-4-5-7-9/h4-7,10H,3H2,1-2H3/t10-/m1/s1. The van der Waals surface area contributed by atoms with Crippen LogP contribution < -0.4 is 0 Å². The summed E-state index contributed by atoms with van der Waals surface area (Å²) in [5.41, 5.74) is 0. The summed E-state index contributed by atoms with van der Waals surface area (Å²) < 4.78 is 5.10. The zero-order valence-electron chi connectivity index (χ0n) is 7.41. The Labute approximate surface area is 74.3 Å². The fourth-order valence-electron chi connectivity index (χ4n) is 1.19. The van der Waals surface area contributed by atoms with E-state index in [2.05, 4.69) is 0 Å². The van der Waals surface area contributed by atoms with Crippen LogP contribution in [0, 0.1) is 31.6 Å². The van der Waals surface area contributed by atoms with E-state index in [1.54, 1.807) is 0 Å². The summed E-state index contributed by atoms with van der Waals surface area (Å²) in [7, 11) is 0. The second-order valence-electron chi connectivity index (χ2n) is 2.72. The molecule has 2 nitrogen and oxygen atoms in total. The Bertz CT molecular complexity index is 148. The highest BCUT2D eigenvalue weighted by Crippen LogP contribution is 2.29. The molecule has 1 aliphatic carbocycles. The van der Waals surface area contributed by atoms with Gasteiger partial charge in [-0.3, -0.25) is 4.79 Å². The lowest BCUT2D eigenvalue weighted by Crippen LogP contribution is -2.22. The molecule has 1 fully saturated rings. The van der Waals surface area contributed by atoms with E-state index in [-0.39, 0.29) is 12.1 Å². The summed E-state index contributed by atoms with van der Waals surface area (Å²) in [4.78, 5) is 10.7. The molecule has 12 heavy (non-hydrogen) atoms. The van der Waals surface area contributed by atoms with Crippen LogP contribution in [0.15, 0.2) is 0 Å². The van der Waals surface area contributed by atoms with Crippen LogP contribution in [-0.2, 0) is 9.53 Å². The topological polar surface area (TPSA) is 26.3 Å². The molecule has 1 aliphatic rings. The van der Waals surface area contributed by atoms with Crippen molar-refractivity contribution in [3.63, 3.8) is 0 Å². The molecule has 1 saturated carbocycles. The molecule has 5 radical (unpaired) electrons. The van der Waals surface area contributed by atoms with E-state index in [0.29, 0.717) is 0 Å². The molecule has 1 rings (SSSR count). The smallest absolute Gasteiger partial charge is 0.302 e. The maximum absolute atomic E-state index is 10.7. The summed E-state index contributed by atoms with van der Waals surface area (Å²) in [5.74, 6) is 0.857. The maximum Gasteiger partial charge on any atom is 0.302 e. The highest BCUT2D eigenvalue weighted by atomic mass is 16.5. The van der Waals surface area contributed by atoms with Crippen LogP contribution in [0.25, 0.3) is 0 Å². The average Bonchev–Trinajstić information content (AvgIpc) is 2.51. The van der Waals surface area contributed by atoms with Gasteiger partial charge in [0, 0.05) is 12.8 Å². The first-order chi connectivity index (χ1) is 5.74. The quantitative estimate of drug-likeness (QED) is 0.595. The third-order valence-electron chi connectivity index (χ3n) is 1.74. The molecule has 0 aliphatic heterocycles. The second kappa shape index (κ2) is 4.48. The molecule has 0 aromatic carbocycles. The predicted molar refractivity (Wildman–Crippen MR) is 46.3 cm³/mol. The minimum Gasteiger partial charge on any atom is -0.462 e. The first kappa shape index (κ1) is 9.56. The molecule has 0 spiro atoms. The number of rotatable bonds is 3. The van der Waals surface area contributed by atoms with E-state index in [0.717, 1.165) is 12.3 Å². The van der Waals surface area contributed by atoms with Gasteiger partial charge >= 0.3 is 5.97 Å². The van der Waals surface area contributed by atoms with Gasteiger partial charge in [0.05, 0.1) is 0 Å². The van der Waals surface area contributed by atoms with Crippen LogP contribution in [0.2, 0.25) is 0 Å². The Morgan fingerprint density at radius 3 is 2.50 bits per heavy atom. The van der Waals surface area contributed by atoms with Gasteiger partial charge in [-0.05, 0) is 32.1 Å². The molecule has 65 valence electrons. The fraction of sp³-hybridized carbons (Fsp3) is 0.400. The van der Waals surface area contributed by atoms with E-state index in [1.807, 2.05) is 32.6 Å². The van der Waals surface area contributed by atoms with Crippen molar-refractivity contribution in [2.24, 2.45) is 0 Å². The molecule has 0 saturated heterocycles. The first-order valence-corrected chi connectivity index (χ1v) is 4.13. The van der Waals surface area contributed by atoms with Crippen molar-refractivity contribution in [3.05, 3.63) is 31.6 Å².